The Hall–Kier alpha value is -0.0000000000000000208. The van der Waals surface area contributed by atoms with Crippen LogP contribution in [0.5, 0.6) is 0 Å². The predicted octanol–water partition coefficient (Wildman–Crippen LogP) is 2.66. The second kappa shape index (κ2) is 5.10. The topological polar surface area (TPSA) is 12.5 Å². The first-order chi connectivity index (χ1) is 7.22. The van der Waals surface area contributed by atoms with Crippen molar-refractivity contribution >= 4 is 11.6 Å². The Balaban J connectivity index is 2.47. The molecule has 1 saturated heterocycles. The van der Waals surface area contributed by atoms with Gasteiger partial charge in [0, 0.05) is 25.5 Å². The Labute approximate surface area is 98.7 Å². The van der Waals surface area contributed by atoms with Crippen molar-refractivity contribution in [3.8, 4) is 0 Å². The largest absolute Gasteiger partial charge is 0.390 e. The molecule has 1 heterocycles. The van der Waals surface area contributed by atoms with Gasteiger partial charge in [0.1, 0.15) is 0 Å². The van der Waals surface area contributed by atoms with Gasteiger partial charge in [-0.05, 0) is 13.8 Å². The minimum absolute atomic E-state index is 0.0175. The summed E-state index contributed by atoms with van der Waals surface area (Å²) >= 11 is 5.69. The number of hydrogen-bond donors (Lipinski definition) is 0. The molecule has 1 unspecified atom stereocenters. The van der Waals surface area contributed by atoms with E-state index in [1.165, 1.54) is 0 Å². The molecule has 1 fully saturated rings. The maximum absolute atomic E-state index is 12.1. The molecule has 0 amide bonds. The van der Waals surface area contributed by atoms with Gasteiger partial charge in [0.05, 0.1) is 18.1 Å². The summed E-state index contributed by atoms with van der Waals surface area (Å²) in [5.74, 6) is 0.311. The van der Waals surface area contributed by atoms with Gasteiger partial charge in [-0.15, -0.1) is 11.6 Å². The fraction of sp³-hybridized carbons (Fsp3) is 1.00. The fourth-order valence-corrected chi connectivity index (χ4v) is 2.11. The van der Waals surface area contributed by atoms with Gasteiger partial charge in [-0.3, -0.25) is 4.90 Å². The lowest BCUT2D eigenvalue weighted by molar-refractivity contribution is -0.156. The van der Waals surface area contributed by atoms with Crippen LogP contribution in [0.1, 0.15) is 20.3 Å². The van der Waals surface area contributed by atoms with Crippen LogP contribution in [0.2, 0.25) is 0 Å². The van der Waals surface area contributed by atoms with E-state index in [0.29, 0.717) is 19.0 Å². The van der Waals surface area contributed by atoms with Crippen molar-refractivity contribution in [2.75, 3.05) is 25.5 Å². The van der Waals surface area contributed by atoms with Crippen molar-refractivity contribution in [3.05, 3.63) is 0 Å². The Morgan fingerprint density at radius 1 is 1.44 bits per heavy atom. The molecule has 6 heteroatoms. The highest BCUT2D eigenvalue weighted by molar-refractivity contribution is 6.18. The molecule has 1 aliphatic rings. The molecule has 16 heavy (non-hydrogen) atoms. The summed E-state index contributed by atoms with van der Waals surface area (Å²) in [7, 11) is 0. The molecular weight excluding hydrogens is 243 g/mol. The average molecular weight is 260 g/mol. The van der Waals surface area contributed by atoms with Crippen molar-refractivity contribution in [1.29, 1.82) is 0 Å². The number of nitrogens with zero attached hydrogens (tertiary/aromatic N) is 1. The van der Waals surface area contributed by atoms with E-state index >= 15 is 0 Å². The molecule has 0 bridgehead atoms. The van der Waals surface area contributed by atoms with Crippen LogP contribution in [0, 0.1) is 0 Å². The molecule has 96 valence electrons. The van der Waals surface area contributed by atoms with Crippen LogP contribution >= 0.6 is 11.6 Å². The number of alkyl halides is 4. The zero-order valence-electron chi connectivity index (χ0n) is 9.48. The summed E-state index contributed by atoms with van der Waals surface area (Å²) < 4.78 is 41.9. The average Bonchev–Trinajstić information content (AvgIpc) is 2.11. The smallest absolute Gasteiger partial charge is 0.368 e. The van der Waals surface area contributed by atoms with Crippen LogP contribution in [-0.4, -0.2) is 48.3 Å². The Bertz CT molecular complexity index is 233. The zero-order chi connectivity index (χ0) is 12.4. The number of rotatable bonds is 3. The minimum Gasteiger partial charge on any atom is -0.368 e. The predicted molar refractivity (Wildman–Crippen MR) is 56.8 cm³/mol. The number of morpholine rings is 1. The molecule has 0 spiro atoms. The van der Waals surface area contributed by atoms with Crippen molar-refractivity contribution in [1.82, 2.24) is 4.90 Å². The second-order valence-electron chi connectivity index (χ2n) is 4.75. The van der Waals surface area contributed by atoms with E-state index in [-0.39, 0.29) is 12.6 Å². The lowest BCUT2D eigenvalue weighted by atomic mass is 10.1. The maximum atomic E-state index is 12.1. The third-order valence-corrected chi connectivity index (χ3v) is 2.78. The lowest BCUT2D eigenvalue weighted by Gasteiger charge is -2.42. The summed E-state index contributed by atoms with van der Waals surface area (Å²) in [6, 6.07) is 0. The van der Waals surface area contributed by atoms with Crippen LogP contribution < -0.4 is 0 Å². The lowest BCUT2D eigenvalue weighted by Crippen LogP contribution is -2.53. The summed E-state index contributed by atoms with van der Waals surface area (Å²) in [6.07, 6.45) is -5.06. The zero-order valence-corrected chi connectivity index (χ0v) is 10.2. The van der Waals surface area contributed by atoms with Crippen molar-refractivity contribution in [2.24, 2.45) is 0 Å². The molecule has 1 rings (SSSR count). The van der Waals surface area contributed by atoms with Gasteiger partial charge in [-0.1, -0.05) is 0 Å². The van der Waals surface area contributed by atoms with Crippen LogP contribution in [0.3, 0.4) is 0 Å². The molecule has 0 aromatic carbocycles. The van der Waals surface area contributed by atoms with Crippen LogP contribution in [0.4, 0.5) is 13.2 Å². The molecule has 1 atom stereocenters. The van der Waals surface area contributed by atoms with Gasteiger partial charge in [-0.25, -0.2) is 0 Å². The van der Waals surface area contributed by atoms with Crippen LogP contribution in [0.25, 0.3) is 0 Å². The molecule has 0 aliphatic carbocycles. The summed E-state index contributed by atoms with van der Waals surface area (Å²) in [5.41, 5.74) is -0.427. The fourth-order valence-electron chi connectivity index (χ4n) is 1.95. The SMILES string of the molecule is CC1(C)CN(CCC(F)(F)F)CC(CCl)O1. The third kappa shape index (κ3) is 4.89. The van der Waals surface area contributed by atoms with Crippen molar-refractivity contribution in [2.45, 2.75) is 38.1 Å². The van der Waals surface area contributed by atoms with Gasteiger partial charge < -0.3 is 4.74 Å². The highest BCUT2D eigenvalue weighted by Crippen LogP contribution is 2.25. The molecule has 0 saturated carbocycles. The van der Waals surface area contributed by atoms with E-state index in [4.69, 9.17) is 16.3 Å². The molecule has 0 radical (unpaired) electrons. The summed E-state index contributed by atoms with van der Waals surface area (Å²) in [4.78, 5) is 1.77. The molecule has 0 N–H and O–H groups in total. The van der Waals surface area contributed by atoms with Gasteiger partial charge >= 0.3 is 6.18 Å². The number of hydrogen-bond acceptors (Lipinski definition) is 2. The molecule has 0 aromatic rings. The first-order valence-electron chi connectivity index (χ1n) is 5.25. The molecular formula is C10H17ClF3NO. The number of halogens is 4. The van der Waals surface area contributed by atoms with Crippen LogP contribution in [-0.2, 0) is 4.74 Å². The molecule has 1 aliphatic heterocycles. The standard InChI is InChI=1S/C10H17ClF3NO/c1-9(2)7-15(4-3-10(12,13)14)6-8(5-11)16-9/h8H,3-7H2,1-2H3. The van der Waals surface area contributed by atoms with Gasteiger partial charge in [0.25, 0.3) is 0 Å². The van der Waals surface area contributed by atoms with Gasteiger partial charge in [0.15, 0.2) is 0 Å². The Kier molecular flexibility index (Phi) is 4.49. The van der Waals surface area contributed by atoms with E-state index in [2.05, 4.69) is 0 Å². The van der Waals surface area contributed by atoms with Gasteiger partial charge in [0.2, 0.25) is 0 Å². The van der Waals surface area contributed by atoms with E-state index < -0.39 is 18.2 Å². The van der Waals surface area contributed by atoms with E-state index in [1.807, 2.05) is 13.8 Å². The third-order valence-electron chi connectivity index (χ3n) is 2.44. The normalized spacial score (nSPS) is 27.0. The molecule has 0 aromatic heterocycles. The minimum atomic E-state index is -4.10. The first kappa shape index (κ1) is 14.1. The number of ether oxygens (including phenoxy) is 1. The first-order valence-corrected chi connectivity index (χ1v) is 5.78. The van der Waals surface area contributed by atoms with E-state index in [1.54, 1.807) is 4.90 Å². The molecule has 2 nitrogen and oxygen atoms in total. The monoisotopic (exact) mass is 259 g/mol. The Morgan fingerprint density at radius 3 is 2.56 bits per heavy atom. The highest BCUT2D eigenvalue weighted by Gasteiger charge is 2.35. The Morgan fingerprint density at radius 2 is 2.06 bits per heavy atom. The quantitative estimate of drug-likeness (QED) is 0.723. The second-order valence-corrected chi connectivity index (χ2v) is 5.06. The summed E-state index contributed by atoms with van der Waals surface area (Å²) in [6.45, 7) is 4.74. The highest BCUT2D eigenvalue weighted by atomic mass is 35.5. The van der Waals surface area contributed by atoms with Crippen molar-refractivity contribution in [3.63, 3.8) is 0 Å². The van der Waals surface area contributed by atoms with E-state index in [0.717, 1.165) is 0 Å². The summed E-state index contributed by atoms with van der Waals surface area (Å²) in [5, 5.41) is 0. The van der Waals surface area contributed by atoms with Gasteiger partial charge in [-0.2, -0.15) is 13.2 Å². The van der Waals surface area contributed by atoms with Crippen LogP contribution in [0.15, 0.2) is 0 Å². The van der Waals surface area contributed by atoms with E-state index in [9.17, 15) is 13.2 Å². The maximum Gasteiger partial charge on any atom is 0.390 e. The van der Waals surface area contributed by atoms with Crippen molar-refractivity contribution < 1.29 is 17.9 Å².